The van der Waals surface area contributed by atoms with E-state index >= 15 is 0 Å². The van der Waals surface area contributed by atoms with Crippen LogP contribution in [0.15, 0.2) is 12.2 Å². The number of likely N-dealkylation sites (tertiary alicyclic amines) is 1. The zero-order valence-electron chi connectivity index (χ0n) is 13.4. The van der Waals surface area contributed by atoms with E-state index in [0.717, 1.165) is 25.7 Å². The molecule has 1 N–H and O–H groups in total. The number of nitrogens with one attached hydrogen (secondary N) is 1. The predicted octanol–water partition coefficient (Wildman–Crippen LogP) is 1.40. The first-order valence-corrected chi connectivity index (χ1v) is 8.52. The number of likely N-dealkylation sites (N-methyl/N-ethyl adjacent to an activating group) is 1. The molecule has 0 bridgehead atoms. The third-order valence-electron chi connectivity index (χ3n) is 6.23. The molecule has 1 saturated heterocycles. The molecule has 1 heterocycles. The highest BCUT2D eigenvalue weighted by molar-refractivity contribution is 5.91. The van der Waals surface area contributed by atoms with Crippen molar-refractivity contribution in [1.29, 1.82) is 0 Å². The molecule has 0 radical (unpaired) electrons. The molecule has 120 valence electrons. The Balaban J connectivity index is 1.47. The molecule has 4 aliphatic rings. The van der Waals surface area contributed by atoms with Crippen LogP contribution in [0.5, 0.6) is 0 Å². The average molecular weight is 303 g/mol. The van der Waals surface area contributed by atoms with E-state index in [0.29, 0.717) is 36.4 Å². The second kappa shape index (κ2) is 5.08. The van der Waals surface area contributed by atoms with Gasteiger partial charge in [0.25, 0.3) is 0 Å². The summed E-state index contributed by atoms with van der Waals surface area (Å²) in [5.41, 5.74) is 0. The summed E-state index contributed by atoms with van der Waals surface area (Å²) in [5, 5.41) is 3.26. The Labute approximate surface area is 131 Å². The van der Waals surface area contributed by atoms with Crippen molar-refractivity contribution in [2.45, 2.75) is 56.3 Å². The van der Waals surface area contributed by atoms with Crippen LogP contribution in [0.4, 0.5) is 4.79 Å². The van der Waals surface area contributed by atoms with E-state index in [1.165, 1.54) is 0 Å². The fourth-order valence-electron chi connectivity index (χ4n) is 4.92. The van der Waals surface area contributed by atoms with Gasteiger partial charge in [0.15, 0.2) is 5.78 Å². The van der Waals surface area contributed by atoms with Crippen LogP contribution in [-0.4, -0.2) is 59.9 Å². The first kappa shape index (κ1) is 14.2. The molecule has 2 saturated carbocycles. The van der Waals surface area contributed by atoms with Gasteiger partial charge in [-0.2, -0.15) is 0 Å². The zero-order valence-corrected chi connectivity index (χ0v) is 13.4. The molecule has 5 atom stereocenters. The van der Waals surface area contributed by atoms with Crippen molar-refractivity contribution in [2.24, 2.45) is 11.8 Å². The standard InChI is InChI=1S/C17H25N3O2/c1-19(10-3-4-10)17(22)18-14-7-6-12-13-9-11(21)5-8-15(13)20(2)16(12)14/h5,8,10,12-16H,3-4,6-7,9H2,1-2H3,(H,18,22). The number of carbonyl (C=O) groups excluding carboxylic acids is 2. The van der Waals surface area contributed by atoms with Gasteiger partial charge in [0.05, 0.1) is 0 Å². The molecule has 5 nitrogen and oxygen atoms in total. The van der Waals surface area contributed by atoms with Gasteiger partial charge in [-0.1, -0.05) is 6.08 Å². The van der Waals surface area contributed by atoms with Gasteiger partial charge in [0, 0.05) is 37.6 Å². The molecular weight excluding hydrogens is 278 g/mol. The highest BCUT2D eigenvalue weighted by Crippen LogP contribution is 2.47. The van der Waals surface area contributed by atoms with E-state index in [2.05, 4.69) is 23.3 Å². The number of nitrogens with zero attached hydrogens (tertiary/aromatic N) is 2. The highest BCUT2D eigenvalue weighted by Gasteiger charge is 2.53. The number of allylic oxidation sites excluding steroid dienone is 1. The minimum atomic E-state index is 0.0723. The monoisotopic (exact) mass is 303 g/mol. The third kappa shape index (κ3) is 2.18. The molecule has 4 rings (SSSR count). The summed E-state index contributed by atoms with van der Waals surface area (Å²) >= 11 is 0. The molecular formula is C17H25N3O2. The maximum absolute atomic E-state index is 12.4. The van der Waals surface area contributed by atoms with Gasteiger partial charge < -0.3 is 10.2 Å². The minimum Gasteiger partial charge on any atom is -0.334 e. The Morgan fingerprint density at radius 2 is 2.05 bits per heavy atom. The van der Waals surface area contributed by atoms with Crippen LogP contribution in [0.1, 0.15) is 32.1 Å². The van der Waals surface area contributed by atoms with Gasteiger partial charge >= 0.3 is 6.03 Å². The molecule has 0 spiro atoms. The number of ketones is 1. The number of urea groups is 1. The molecule has 3 aliphatic carbocycles. The van der Waals surface area contributed by atoms with Crippen LogP contribution in [0.2, 0.25) is 0 Å². The van der Waals surface area contributed by atoms with Crippen molar-refractivity contribution in [3.63, 3.8) is 0 Å². The number of rotatable bonds is 2. The normalized spacial score (nSPS) is 40.5. The van der Waals surface area contributed by atoms with Crippen LogP contribution in [0.3, 0.4) is 0 Å². The maximum Gasteiger partial charge on any atom is 0.317 e. The summed E-state index contributed by atoms with van der Waals surface area (Å²) in [6, 6.07) is 1.48. The van der Waals surface area contributed by atoms with Crippen LogP contribution < -0.4 is 5.32 Å². The predicted molar refractivity (Wildman–Crippen MR) is 83.4 cm³/mol. The summed E-state index contributed by atoms with van der Waals surface area (Å²) in [6.45, 7) is 0. The largest absolute Gasteiger partial charge is 0.334 e. The van der Waals surface area contributed by atoms with Gasteiger partial charge in [-0.05, 0) is 50.6 Å². The zero-order chi connectivity index (χ0) is 15.4. The Hall–Kier alpha value is -1.36. The number of hydrogen-bond acceptors (Lipinski definition) is 3. The minimum absolute atomic E-state index is 0.0723. The Kier molecular flexibility index (Phi) is 3.29. The van der Waals surface area contributed by atoms with Crippen LogP contribution in [0, 0.1) is 11.8 Å². The molecule has 5 heteroatoms. The smallest absolute Gasteiger partial charge is 0.317 e. The molecule has 0 aromatic rings. The van der Waals surface area contributed by atoms with Gasteiger partial charge in [0.2, 0.25) is 0 Å². The van der Waals surface area contributed by atoms with Crippen molar-refractivity contribution in [3.05, 3.63) is 12.2 Å². The highest BCUT2D eigenvalue weighted by atomic mass is 16.2. The Morgan fingerprint density at radius 3 is 2.77 bits per heavy atom. The van der Waals surface area contributed by atoms with E-state index in [9.17, 15) is 9.59 Å². The first-order valence-electron chi connectivity index (χ1n) is 8.52. The topological polar surface area (TPSA) is 52.7 Å². The summed E-state index contributed by atoms with van der Waals surface area (Å²) in [4.78, 5) is 28.4. The molecule has 0 aromatic carbocycles. The van der Waals surface area contributed by atoms with Crippen molar-refractivity contribution in [3.8, 4) is 0 Å². The Bertz CT molecular complexity index is 528. The van der Waals surface area contributed by atoms with Crippen molar-refractivity contribution in [2.75, 3.05) is 14.1 Å². The summed E-state index contributed by atoms with van der Waals surface area (Å²) in [5.74, 6) is 1.24. The summed E-state index contributed by atoms with van der Waals surface area (Å²) < 4.78 is 0. The van der Waals surface area contributed by atoms with E-state index in [-0.39, 0.29) is 17.9 Å². The Morgan fingerprint density at radius 1 is 1.27 bits per heavy atom. The lowest BCUT2D eigenvalue weighted by Crippen LogP contribution is -2.51. The van der Waals surface area contributed by atoms with E-state index in [4.69, 9.17) is 0 Å². The van der Waals surface area contributed by atoms with Crippen molar-refractivity contribution < 1.29 is 9.59 Å². The van der Waals surface area contributed by atoms with Gasteiger partial charge in [0.1, 0.15) is 0 Å². The van der Waals surface area contributed by atoms with Crippen LogP contribution >= 0.6 is 0 Å². The summed E-state index contributed by atoms with van der Waals surface area (Å²) in [6.07, 6.45) is 8.92. The molecule has 3 fully saturated rings. The quantitative estimate of drug-likeness (QED) is 0.839. The lowest BCUT2D eigenvalue weighted by atomic mass is 9.81. The van der Waals surface area contributed by atoms with E-state index in [1.807, 2.05) is 11.9 Å². The molecule has 5 unspecified atom stereocenters. The number of carbonyl (C=O) groups is 2. The molecule has 0 aromatic heterocycles. The lowest BCUT2D eigenvalue weighted by Gasteiger charge is -2.31. The third-order valence-corrected chi connectivity index (χ3v) is 6.23. The number of amides is 2. The van der Waals surface area contributed by atoms with Gasteiger partial charge in [-0.15, -0.1) is 0 Å². The van der Waals surface area contributed by atoms with Gasteiger partial charge in [-0.25, -0.2) is 4.79 Å². The van der Waals surface area contributed by atoms with E-state index in [1.54, 1.807) is 6.08 Å². The number of fused-ring (bicyclic) bond motifs is 3. The SMILES string of the molecule is CN(C(=O)NC1CCC2C3CC(=O)C=CC3N(C)C12)C1CC1. The second-order valence-electron chi connectivity index (χ2n) is 7.48. The van der Waals surface area contributed by atoms with Crippen LogP contribution in [-0.2, 0) is 4.79 Å². The van der Waals surface area contributed by atoms with Crippen molar-refractivity contribution >= 4 is 11.8 Å². The van der Waals surface area contributed by atoms with Crippen LogP contribution in [0.25, 0.3) is 0 Å². The number of hydrogen-bond donors (Lipinski definition) is 1. The summed E-state index contributed by atoms with van der Waals surface area (Å²) in [7, 11) is 4.05. The van der Waals surface area contributed by atoms with Gasteiger partial charge in [-0.3, -0.25) is 9.69 Å². The molecule has 2 amide bonds. The second-order valence-corrected chi connectivity index (χ2v) is 7.48. The fraction of sp³-hybridized carbons (Fsp3) is 0.765. The lowest BCUT2D eigenvalue weighted by molar-refractivity contribution is -0.116. The molecule has 1 aliphatic heterocycles. The maximum atomic E-state index is 12.4. The van der Waals surface area contributed by atoms with Crippen molar-refractivity contribution in [1.82, 2.24) is 15.1 Å². The van der Waals surface area contributed by atoms with E-state index < -0.39 is 0 Å². The average Bonchev–Trinajstić information content (AvgIpc) is 3.21. The fourth-order valence-corrected chi connectivity index (χ4v) is 4.92. The first-order chi connectivity index (χ1) is 10.6. The molecule has 22 heavy (non-hydrogen) atoms.